The van der Waals surface area contributed by atoms with Gasteiger partial charge < -0.3 is 15.4 Å². The number of benzene rings is 1. The Morgan fingerprint density at radius 3 is 2.50 bits per heavy atom. The number of fused-ring (bicyclic) bond motifs is 3. The molecule has 1 aromatic heterocycles. The summed E-state index contributed by atoms with van der Waals surface area (Å²) in [5.41, 5.74) is 6.64. The van der Waals surface area contributed by atoms with E-state index in [9.17, 15) is 22.8 Å². The topological polar surface area (TPSA) is 162 Å². The van der Waals surface area contributed by atoms with Gasteiger partial charge in [-0.3, -0.25) is 19.1 Å². The van der Waals surface area contributed by atoms with Gasteiger partial charge in [-0.1, -0.05) is 31.9 Å². The highest BCUT2D eigenvalue weighted by Gasteiger charge is 2.64. The second-order valence-corrected chi connectivity index (χ2v) is 15.4. The van der Waals surface area contributed by atoms with Crippen LogP contribution < -0.4 is 15.2 Å². The van der Waals surface area contributed by atoms with Gasteiger partial charge in [0.25, 0.3) is 0 Å². The molecule has 0 spiro atoms. The van der Waals surface area contributed by atoms with Crippen LogP contribution in [0.3, 0.4) is 0 Å². The maximum atomic E-state index is 15.1. The summed E-state index contributed by atoms with van der Waals surface area (Å²) in [4.78, 5) is 52.0. The number of nitrogens with one attached hydrogen (secondary N) is 1. The molecule has 11 nitrogen and oxygen atoms in total. The van der Waals surface area contributed by atoms with Crippen molar-refractivity contribution in [2.45, 2.75) is 113 Å². The zero-order chi connectivity index (χ0) is 32.9. The number of nitrogens with two attached hydrogens (primary N) is 1. The van der Waals surface area contributed by atoms with Crippen LogP contribution in [0, 0.1) is 11.3 Å². The Kier molecular flexibility index (Phi) is 8.81. The van der Waals surface area contributed by atoms with Gasteiger partial charge in [0.1, 0.15) is 11.8 Å². The molecule has 3 heterocycles. The number of carbonyl (C=O) groups is 3. The van der Waals surface area contributed by atoms with Crippen molar-refractivity contribution in [1.82, 2.24) is 19.6 Å². The van der Waals surface area contributed by atoms with E-state index < -0.39 is 87.6 Å². The molecule has 3 N–H and O–H groups in total. The van der Waals surface area contributed by atoms with E-state index in [-0.39, 0.29) is 32.2 Å². The van der Waals surface area contributed by atoms with E-state index in [1.807, 2.05) is 31.2 Å². The largest absolute Gasteiger partial charge is 0.471 e. The lowest BCUT2D eigenvalue weighted by Crippen LogP contribution is -2.49. The number of sulfonamides is 1. The van der Waals surface area contributed by atoms with E-state index >= 15 is 8.78 Å². The van der Waals surface area contributed by atoms with Gasteiger partial charge in [0.15, 0.2) is 5.78 Å². The fourth-order valence-corrected chi connectivity index (χ4v) is 8.39. The summed E-state index contributed by atoms with van der Waals surface area (Å²) in [6.45, 7) is 1.96. The van der Waals surface area contributed by atoms with Gasteiger partial charge in [0.2, 0.25) is 33.6 Å². The molecule has 4 fully saturated rings. The van der Waals surface area contributed by atoms with E-state index in [1.54, 1.807) is 0 Å². The van der Waals surface area contributed by atoms with Crippen LogP contribution in [0.5, 0.6) is 5.88 Å². The lowest BCUT2D eigenvalue weighted by molar-refractivity contribution is -0.140. The van der Waals surface area contributed by atoms with Gasteiger partial charge in [-0.2, -0.15) is 0 Å². The molecule has 6 rings (SSSR count). The molecule has 0 bridgehead atoms. The maximum Gasteiger partial charge on any atom is 0.248 e. The standard InChI is InChI=1S/C32H41F2N5O6S/c1-2-23-28(37-25-10-6-5-9-24(25)36-23)45-20-14-26-27(40)17-31(30(42)38-46(43,44)21-11-12-21)15-19(31)16-32(33,34)13-7-3-4-8-22(35)29(41)39(26)18-20/h5-6,9-10,19-22,26H,2-4,7-8,11-18,35H2,1H3,(H,38,42)/t19-,20+,22-,26-,31+/m0/s1. The molecular formula is C32H41F2N5O6S. The Bertz CT molecular complexity index is 1640. The van der Waals surface area contributed by atoms with Gasteiger partial charge in [0, 0.05) is 25.7 Å². The molecule has 2 aliphatic carbocycles. The first kappa shape index (κ1) is 32.7. The molecule has 1 aromatic carbocycles. The number of carbonyl (C=O) groups excluding carboxylic acids is 3. The van der Waals surface area contributed by atoms with Crippen LogP contribution in [0.2, 0.25) is 0 Å². The zero-order valence-corrected chi connectivity index (χ0v) is 26.7. The number of nitrogens with zero attached hydrogens (tertiary/aromatic N) is 3. The number of hydrogen-bond acceptors (Lipinski definition) is 9. The summed E-state index contributed by atoms with van der Waals surface area (Å²) in [7, 11) is -3.97. The lowest BCUT2D eigenvalue weighted by atomic mass is 9.89. The van der Waals surface area contributed by atoms with Crippen molar-refractivity contribution in [2.24, 2.45) is 17.1 Å². The minimum Gasteiger partial charge on any atom is -0.471 e. The molecule has 0 unspecified atom stereocenters. The normalized spacial score (nSPS) is 30.6. The van der Waals surface area contributed by atoms with Crippen LogP contribution in [0.4, 0.5) is 8.78 Å². The minimum absolute atomic E-state index is 0.0347. The monoisotopic (exact) mass is 661 g/mol. The van der Waals surface area contributed by atoms with Crippen LogP contribution >= 0.6 is 0 Å². The first-order valence-electron chi connectivity index (χ1n) is 16.3. The van der Waals surface area contributed by atoms with Crippen molar-refractivity contribution in [1.29, 1.82) is 0 Å². The zero-order valence-electron chi connectivity index (χ0n) is 25.9. The molecule has 2 saturated carbocycles. The molecule has 14 heteroatoms. The Hall–Kier alpha value is -3.26. The smallest absolute Gasteiger partial charge is 0.248 e. The highest BCUT2D eigenvalue weighted by molar-refractivity contribution is 7.90. The van der Waals surface area contributed by atoms with E-state index in [1.165, 1.54) is 4.90 Å². The number of ketones is 1. The molecule has 2 saturated heterocycles. The van der Waals surface area contributed by atoms with E-state index in [4.69, 9.17) is 10.5 Å². The number of amides is 2. The van der Waals surface area contributed by atoms with Crippen molar-refractivity contribution in [3.8, 4) is 5.88 Å². The van der Waals surface area contributed by atoms with Crippen LogP contribution in [-0.2, 0) is 30.8 Å². The summed E-state index contributed by atoms with van der Waals surface area (Å²) >= 11 is 0. The minimum atomic E-state index is -3.97. The third kappa shape index (κ3) is 6.73. The van der Waals surface area contributed by atoms with Crippen molar-refractivity contribution >= 4 is 38.7 Å². The van der Waals surface area contributed by atoms with Gasteiger partial charge in [-0.25, -0.2) is 27.2 Å². The molecule has 5 atom stereocenters. The number of rotatable bonds is 6. The van der Waals surface area contributed by atoms with Crippen molar-refractivity contribution in [3.05, 3.63) is 30.0 Å². The predicted molar refractivity (Wildman–Crippen MR) is 164 cm³/mol. The quantitative estimate of drug-likeness (QED) is 0.473. The summed E-state index contributed by atoms with van der Waals surface area (Å²) in [6, 6.07) is 5.38. The van der Waals surface area contributed by atoms with Crippen molar-refractivity contribution in [3.63, 3.8) is 0 Å². The second-order valence-electron chi connectivity index (χ2n) is 13.4. The molecular weight excluding hydrogens is 620 g/mol. The maximum absolute atomic E-state index is 15.1. The molecule has 0 radical (unpaired) electrons. The Morgan fingerprint density at radius 2 is 1.80 bits per heavy atom. The number of Topliss-reactive ketones (excluding diaryl/α,β-unsaturated/α-hetero) is 1. The fourth-order valence-electron chi connectivity index (χ4n) is 7.00. The highest BCUT2D eigenvalue weighted by Crippen LogP contribution is 2.60. The number of ether oxygens (including phenoxy) is 1. The number of aryl methyl sites for hydroxylation is 1. The summed E-state index contributed by atoms with van der Waals surface area (Å²) in [5.74, 6) is -5.54. The average Bonchev–Trinajstić information content (AvgIpc) is 3.93. The number of aromatic nitrogens is 2. The molecule has 2 aromatic rings. The molecule has 4 aliphatic rings. The van der Waals surface area contributed by atoms with Crippen molar-refractivity contribution < 1.29 is 36.3 Å². The molecule has 46 heavy (non-hydrogen) atoms. The van der Waals surface area contributed by atoms with Crippen molar-refractivity contribution in [2.75, 3.05) is 6.54 Å². The summed E-state index contributed by atoms with van der Waals surface area (Å²) < 4.78 is 63.9. The average molecular weight is 662 g/mol. The number of para-hydroxylation sites is 2. The first-order valence-corrected chi connectivity index (χ1v) is 17.8. The SMILES string of the molecule is CCc1nc2ccccc2nc1O[C@@H]1C[C@H]2C(=O)C[C@]3(C(=O)NS(=O)(=O)C4CC4)C[C@H]3CC(F)(F)CCCCC[C@H](N)C(=O)N2C1. The summed E-state index contributed by atoms with van der Waals surface area (Å²) in [6.07, 6.45) is 0.676. The van der Waals surface area contributed by atoms with Gasteiger partial charge in [-0.05, 0) is 56.6 Å². The molecule has 250 valence electrons. The predicted octanol–water partition coefficient (Wildman–Crippen LogP) is 3.43. The second kappa shape index (κ2) is 12.4. The number of halogens is 2. The molecule has 2 amide bonds. The van der Waals surface area contributed by atoms with E-state index in [2.05, 4.69) is 14.7 Å². The van der Waals surface area contributed by atoms with Gasteiger partial charge >= 0.3 is 0 Å². The van der Waals surface area contributed by atoms with Crippen LogP contribution in [0.1, 0.15) is 83.2 Å². The Morgan fingerprint density at radius 1 is 1.09 bits per heavy atom. The van der Waals surface area contributed by atoms with Crippen LogP contribution in [0.15, 0.2) is 24.3 Å². The third-order valence-corrected chi connectivity index (χ3v) is 11.7. The molecule has 2 aliphatic heterocycles. The Balaban J connectivity index is 1.29. The van der Waals surface area contributed by atoms with Gasteiger partial charge in [0.05, 0.1) is 40.3 Å². The first-order chi connectivity index (χ1) is 21.8. The van der Waals surface area contributed by atoms with E-state index in [0.717, 1.165) is 0 Å². The number of alkyl halides is 2. The Labute approximate surface area is 267 Å². The summed E-state index contributed by atoms with van der Waals surface area (Å²) in [5, 5.41) is -0.696. The van der Waals surface area contributed by atoms with Crippen LogP contribution in [-0.4, -0.2) is 76.8 Å². The fraction of sp³-hybridized carbons (Fsp3) is 0.656. The van der Waals surface area contributed by atoms with Gasteiger partial charge in [-0.15, -0.1) is 0 Å². The van der Waals surface area contributed by atoms with E-state index in [0.29, 0.717) is 54.7 Å². The van der Waals surface area contributed by atoms with Crippen LogP contribution in [0.25, 0.3) is 11.0 Å². The lowest BCUT2D eigenvalue weighted by Gasteiger charge is -2.27. The highest BCUT2D eigenvalue weighted by atomic mass is 32.2. The third-order valence-electron chi connectivity index (χ3n) is 9.93. The number of hydrogen-bond donors (Lipinski definition) is 2.